The Bertz CT molecular complexity index is 492. The largest absolute Gasteiger partial charge is 0.495 e. The van der Waals surface area contributed by atoms with Crippen molar-refractivity contribution in [2.75, 3.05) is 19.0 Å². The summed E-state index contributed by atoms with van der Waals surface area (Å²) in [6.07, 6.45) is 3.84. The molecule has 0 heterocycles. The molecule has 116 valence electrons. The summed E-state index contributed by atoms with van der Waals surface area (Å²) in [5, 5.41) is 3.51. The zero-order valence-electron chi connectivity index (χ0n) is 12.5. The SMILES string of the molecule is CCOC(=O)C1CCCC(Nc2cc(Br)ccc2OC)C1. The smallest absolute Gasteiger partial charge is 0.308 e. The van der Waals surface area contributed by atoms with Crippen molar-refractivity contribution in [1.82, 2.24) is 0 Å². The predicted octanol–water partition coefficient (Wildman–Crippen LogP) is 3.99. The van der Waals surface area contributed by atoms with Gasteiger partial charge in [-0.15, -0.1) is 0 Å². The molecule has 1 aliphatic rings. The first-order valence-corrected chi connectivity index (χ1v) is 8.20. The third-order valence-electron chi connectivity index (χ3n) is 3.82. The molecule has 5 heteroatoms. The van der Waals surface area contributed by atoms with Crippen LogP contribution in [0.4, 0.5) is 5.69 Å². The minimum Gasteiger partial charge on any atom is -0.495 e. The summed E-state index contributed by atoms with van der Waals surface area (Å²) in [7, 11) is 1.66. The second kappa shape index (κ2) is 7.69. The van der Waals surface area contributed by atoms with Gasteiger partial charge in [-0.05, 0) is 44.4 Å². The van der Waals surface area contributed by atoms with Crippen LogP contribution in [-0.2, 0) is 9.53 Å². The summed E-state index contributed by atoms with van der Waals surface area (Å²) >= 11 is 3.48. The van der Waals surface area contributed by atoms with Gasteiger partial charge in [0.2, 0.25) is 0 Å². The fourth-order valence-corrected chi connectivity index (χ4v) is 3.17. The van der Waals surface area contributed by atoms with Crippen LogP contribution in [0.2, 0.25) is 0 Å². The molecule has 1 aromatic carbocycles. The number of rotatable bonds is 5. The van der Waals surface area contributed by atoms with Crippen molar-refractivity contribution in [3.05, 3.63) is 22.7 Å². The van der Waals surface area contributed by atoms with Crippen molar-refractivity contribution in [3.63, 3.8) is 0 Å². The summed E-state index contributed by atoms with van der Waals surface area (Å²) in [5.74, 6) is 0.760. The lowest BCUT2D eigenvalue weighted by atomic mass is 9.85. The van der Waals surface area contributed by atoms with E-state index in [0.29, 0.717) is 6.61 Å². The molecule has 2 rings (SSSR count). The molecular weight excluding hydrogens is 334 g/mol. The van der Waals surface area contributed by atoms with Crippen molar-refractivity contribution in [2.24, 2.45) is 5.92 Å². The molecule has 1 N–H and O–H groups in total. The van der Waals surface area contributed by atoms with Gasteiger partial charge >= 0.3 is 5.97 Å². The van der Waals surface area contributed by atoms with E-state index in [1.165, 1.54) is 0 Å². The van der Waals surface area contributed by atoms with Gasteiger partial charge in [-0.25, -0.2) is 0 Å². The highest BCUT2D eigenvalue weighted by Crippen LogP contribution is 2.32. The van der Waals surface area contributed by atoms with Crippen molar-refractivity contribution >= 4 is 27.6 Å². The first-order valence-electron chi connectivity index (χ1n) is 7.40. The molecule has 0 radical (unpaired) electrons. The number of halogens is 1. The van der Waals surface area contributed by atoms with E-state index in [2.05, 4.69) is 21.2 Å². The fourth-order valence-electron chi connectivity index (χ4n) is 2.81. The molecule has 1 aromatic rings. The summed E-state index contributed by atoms with van der Waals surface area (Å²) in [6.45, 7) is 2.30. The number of anilines is 1. The number of hydrogen-bond acceptors (Lipinski definition) is 4. The lowest BCUT2D eigenvalue weighted by Gasteiger charge is -2.29. The highest BCUT2D eigenvalue weighted by Gasteiger charge is 2.28. The Balaban J connectivity index is 2.02. The molecule has 0 aromatic heterocycles. The number of methoxy groups -OCH3 is 1. The van der Waals surface area contributed by atoms with Crippen molar-refractivity contribution in [2.45, 2.75) is 38.6 Å². The van der Waals surface area contributed by atoms with Gasteiger partial charge in [-0.3, -0.25) is 4.79 Å². The predicted molar refractivity (Wildman–Crippen MR) is 86.7 cm³/mol. The Labute approximate surface area is 134 Å². The van der Waals surface area contributed by atoms with Gasteiger partial charge in [0.1, 0.15) is 5.75 Å². The van der Waals surface area contributed by atoms with Crippen LogP contribution in [0.25, 0.3) is 0 Å². The lowest BCUT2D eigenvalue weighted by Crippen LogP contribution is -2.32. The van der Waals surface area contributed by atoms with E-state index in [9.17, 15) is 4.79 Å². The Morgan fingerprint density at radius 3 is 2.95 bits per heavy atom. The summed E-state index contributed by atoms with van der Waals surface area (Å²) < 4.78 is 11.5. The summed E-state index contributed by atoms with van der Waals surface area (Å²) in [5.41, 5.74) is 0.960. The van der Waals surface area contributed by atoms with Crippen LogP contribution in [0.1, 0.15) is 32.6 Å². The molecule has 2 atom stereocenters. The van der Waals surface area contributed by atoms with Gasteiger partial charge in [-0.2, -0.15) is 0 Å². The van der Waals surface area contributed by atoms with Crippen molar-refractivity contribution in [3.8, 4) is 5.75 Å². The van der Waals surface area contributed by atoms with E-state index < -0.39 is 0 Å². The highest BCUT2D eigenvalue weighted by atomic mass is 79.9. The third-order valence-corrected chi connectivity index (χ3v) is 4.31. The molecule has 21 heavy (non-hydrogen) atoms. The molecule has 0 amide bonds. The maximum Gasteiger partial charge on any atom is 0.308 e. The van der Waals surface area contributed by atoms with E-state index in [0.717, 1.165) is 41.6 Å². The fraction of sp³-hybridized carbons (Fsp3) is 0.562. The average Bonchev–Trinajstić information content (AvgIpc) is 2.48. The number of nitrogens with one attached hydrogen (secondary N) is 1. The van der Waals surface area contributed by atoms with E-state index in [4.69, 9.17) is 9.47 Å². The molecule has 1 saturated carbocycles. The first-order chi connectivity index (χ1) is 10.1. The Morgan fingerprint density at radius 2 is 2.24 bits per heavy atom. The van der Waals surface area contributed by atoms with Gasteiger partial charge in [0.05, 0.1) is 25.3 Å². The number of benzene rings is 1. The molecule has 1 fully saturated rings. The molecule has 0 spiro atoms. The van der Waals surface area contributed by atoms with Crippen LogP contribution in [-0.4, -0.2) is 25.7 Å². The minimum absolute atomic E-state index is 0.00866. The molecule has 4 nitrogen and oxygen atoms in total. The van der Waals surface area contributed by atoms with Gasteiger partial charge in [-0.1, -0.05) is 22.4 Å². The monoisotopic (exact) mass is 355 g/mol. The highest BCUT2D eigenvalue weighted by molar-refractivity contribution is 9.10. The first kappa shape index (κ1) is 16.1. The number of carbonyl (C=O) groups is 1. The molecule has 0 bridgehead atoms. The zero-order chi connectivity index (χ0) is 15.2. The Morgan fingerprint density at radius 1 is 1.43 bits per heavy atom. The second-order valence-electron chi connectivity index (χ2n) is 5.30. The van der Waals surface area contributed by atoms with Crippen LogP contribution in [0.15, 0.2) is 22.7 Å². The second-order valence-corrected chi connectivity index (χ2v) is 6.22. The van der Waals surface area contributed by atoms with E-state index in [1.807, 2.05) is 25.1 Å². The van der Waals surface area contributed by atoms with Crippen LogP contribution >= 0.6 is 15.9 Å². The van der Waals surface area contributed by atoms with E-state index in [-0.39, 0.29) is 17.9 Å². The van der Waals surface area contributed by atoms with Crippen molar-refractivity contribution in [1.29, 1.82) is 0 Å². The van der Waals surface area contributed by atoms with E-state index in [1.54, 1.807) is 7.11 Å². The normalized spacial score (nSPS) is 21.7. The average molecular weight is 356 g/mol. The van der Waals surface area contributed by atoms with E-state index >= 15 is 0 Å². The molecule has 0 saturated heterocycles. The Hall–Kier alpha value is -1.23. The number of esters is 1. The lowest BCUT2D eigenvalue weighted by molar-refractivity contribution is -0.149. The minimum atomic E-state index is -0.0646. The molecule has 1 aliphatic carbocycles. The topological polar surface area (TPSA) is 47.6 Å². The van der Waals surface area contributed by atoms with Gasteiger partial charge < -0.3 is 14.8 Å². The molecule has 0 aliphatic heterocycles. The number of ether oxygens (including phenoxy) is 2. The third kappa shape index (κ3) is 4.37. The Kier molecular flexibility index (Phi) is 5.91. The summed E-state index contributed by atoms with van der Waals surface area (Å²) in [6, 6.07) is 6.16. The van der Waals surface area contributed by atoms with Gasteiger partial charge in [0.15, 0.2) is 0 Å². The van der Waals surface area contributed by atoms with Crippen molar-refractivity contribution < 1.29 is 14.3 Å². The van der Waals surface area contributed by atoms with Crippen LogP contribution in [0.5, 0.6) is 5.75 Å². The summed E-state index contributed by atoms with van der Waals surface area (Å²) in [4.78, 5) is 11.9. The maximum atomic E-state index is 11.9. The van der Waals surface area contributed by atoms with Crippen LogP contribution in [0, 0.1) is 5.92 Å². The molecular formula is C16H22BrNO3. The van der Waals surface area contributed by atoms with Crippen LogP contribution < -0.4 is 10.1 Å². The number of carbonyl (C=O) groups excluding carboxylic acids is 1. The van der Waals surface area contributed by atoms with Gasteiger partial charge in [0, 0.05) is 10.5 Å². The van der Waals surface area contributed by atoms with Crippen LogP contribution in [0.3, 0.4) is 0 Å². The van der Waals surface area contributed by atoms with Gasteiger partial charge in [0.25, 0.3) is 0 Å². The maximum absolute atomic E-state index is 11.9. The zero-order valence-corrected chi connectivity index (χ0v) is 14.1. The quantitative estimate of drug-likeness (QED) is 0.811. The standard InChI is InChI=1S/C16H22BrNO3/c1-3-21-16(19)11-5-4-6-13(9-11)18-14-10-12(17)7-8-15(14)20-2/h7-8,10-11,13,18H,3-6,9H2,1-2H3. The molecule has 2 unspecified atom stereocenters. The number of hydrogen-bond donors (Lipinski definition) is 1.